The number of amides is 4. The topological polar surface area (TPSA) is 153 Å². The van der Waals surface area contributed by atoms with E-state index in [9.17, 15) is 19.2 Å². The predicted octanol–water partition coefficient (Wildman–Crippen LogP) is 7.11. The fraction of sp³-hybridized carbons (Fsp3) is 0.348. The Bertz CT molecular complexity index is 2620. The first-order chi connectivity index (χ1) is 29.1. The highest BCUT2D eigenvalue weighted by Crippen LogP contribution is 2.42. The fourth-order valence-corrected chi connectivity index (χ4v) is 9.57. The van der Waals surface area contributed by atoms with E-state index >= 15 is 0 Å². The minimum atomic E-state index is -0.883. The number of imidazole rings is 2. The van der Waals surface area contributed by atoms with Gasteiger partial charge in [-0.3, -0.25) is 9.59 Å². The van der Waals surface area contributed by atoms with Crippen molar-refractivity contribution in [1.29, 1.82) is 0 Å². The van der Waals surface area contributed by atoms with Gasteiger partial charge >= 0.3 is 12.2 Å². The van der Waals surface area contributed by atoms with Gasteiger partial charge in [0.25, 0.3) is 5.91 Å². The van der Waals surface area contributed by atoms with Crippen molar-refractivity contribution >= 4 is 46.1 Å². The first-order valence-electron chi connectivity index (χ1n) is 20.5. The molecule has 0 bridgehead atoms. The van der Waals surface area contributed by atoms with Crippen LogP contribution in [0.1, 0.15) is 73.9 Å². The SMILES string of the molecule is COC(=O)N[C@H]1CC[C@H]2CC[C@@H](c3nc4cc(-c5ccc(-c6ccc7c(c6)nc([C@@H]6CCCN6C(=O)[C@H](NC(=O)OC)c6ccccc6)n7C)cc5)ccc4n3C)N2C1=O. The van der Waals surface area contributed by atoms with E-state index in [0.29, 0.717) is 18.5 Å². The molecule has 2 N–H and O–H groups in total. The summed E-state index contributed by atoms with van der Waals surface area (Å²) in [5.74, 6) is 1.37. The zero-order valence-electron chi connectivity index (χ0n) is 34.1. The molecule has 3 aliphatic rings. The Balaban J connectivity index is 0.938. The zero-order valence-corrected chi connectivity index (χ0v) is 34.1. The van der Waals surface area contributed by atoms with Gasteiger partial charge in [0.2, 0.25) is 5.91 Å². The monoisotopic (exact) mass is 808 g/mol. The zero-order chi connectivity index (χ0) is 41.7. The van der Waals surface area contributed by atoms with Crippen molar-refractivity contribution in [3.05, 3.63) is 108 Å². The average molecular weight is 809 g/mol. The number of methoxy groups -OCH3 is 2. The Labute approximate surface area is 347 Å². The summed E-state index contributed by atoms with van der Waals surface area (Å²) >= 11 is 0. The first kappa shape index (κ1) is 38.8. The molecule has 308 valence electrons. The molecule has 5 atom stereocenters. The summed E-state index contributed by atoms with van der Waals surface area (Å²) in [6.45, 7) is 0.559. The van der Waals surface area contributed by atoms with E-state index in [2.05, 4.69) is 80.4 Å². The molecule has 3 aliphatic heterocycles. The van der Waals surface area contributed by atoms with E-state index in [1.54, 1.807) is 0 Å². The third-order valence-corrected chi connectivity index (χ3v) is 12.7. The summed E-state index contributed by atoms with van der Waals surface area (Å²) < 4.78 is 13.8. The van der Waals surface area contributed by atoms with E-state index in [0.717, 1.165) is 88.1 Å². The van der Waals surface area contributed by atoms with Crippen molar-refractivity contribution in [3.8, 4) is 22.3 Å². The molecule has 0 saturated carbocycles. The van der Waals surface area contributed by atoms with Gasteiger partial charge in [0, 0.05) is 26.7 Å². The fourth-order valence-electron chi connectivity index (χ4n) is 9.57. The lowest BCUT2D eigenvalue weighted by Crippen LogP contribution is -2.54. The number of benzene rings is 4. The largest absolute Gasteiger partial charge is 0.453 e. The van der Waals surface area contributed by atoms with Gasteiger partial charge in [-0.15, -0.1) is 0 Å². The first-order valence-corrected chi connectivity index (χ1v) is 20.5. The van der Waals surface area contributed by atoms with Crippen molar-refractivity contribution in [3.63, 3.8) is 0 Å². The number of aryl methyl sites for hydroxylation is 2. The molecule has 5 heterocycles. The van der Waals surface area contributed by atoms with Crippen LogP contribution in [0.25, 0.3) is 44.3 Å². The summed E-state index contributed by atoms with van der Waals surface area (Å²) in [7, 11) is 6.58. The highest BCUT2D eigenvalue weighted by molar-refractivity contribution is 5.89. The van der Waals surface area contributed by atoms with Gasteiger partial charge in [-0.1, -0.05) is 66.7 Å². The number of aromatic nitrogens is 4. The van der Waals surface area contributed by atoms with Crippen LogP contribution in [0.3, 0.4) is 0 Å². The van der Waals surface area contributed by atoms with Crippen LogP contribution in [0.4, 0.5) is 9.59 Å². The van der Waals surface area contributed by atoms with Crippen molar-refractivity contribution in [2.75, 3.05) is 20.8 Å². The standard InChI is InChI=1S/C46H48N8O6/c1-51-36-21-16-30(25-34(36)47-41(51)38-11-8-24-53(38)44(56)40(50-46(58)60-4)29-9-6-5-7-10-29)27-12-14-28(15-13-27)31-17-22-37-35(26-31)48-42(52(37)2)39-23-19-32-18-20-33(43(55)54(32)39)49-45(57)59-3/h5-7,9-10,12-17,21-22,25-26,32-33,38-40H,8,11,18-20,23-24H2,1-4H3,(H,49,57)(H,50,58)/t32-,33-,38-,39-,40+/m0/s1. The van der Waals surface area contributed by atoms with Crippen molar-refractivity contribution in [2.45, 2.75) is 68.7 Å². The Morgan fingerprint density at radius 2 is 1.25 bits per heavy atom. The molecule has 0 unspecified atom stereocenters. The number of fused-ring (bicyclic) bond motifs is 3. The number of ether oxygens (including phenoxy) is 2. The summed E-state index contributed by atoms with van der Waals surface area (Å²) in [5.41, 5.74) is 8.52. The average Bonchev–Trinajstić information content (AvgIpc) is 4.08. The van der Waals surface area contributed by atoms with E-state index in [4.69, 9.17) is 19.4 Å². The smallest absolute Gasteiger partial charge is 0.407 e. The van der Waals surface area contributed by atoms with Crippen LogP contribution >= 0.6 is 0 Å². The lowest BCUT2D eigenvalue weighted by molar-refractivity contribution is -0.139. The summed E-state index contributed by atoms with van der Waals surface area (Å²) in [6, 6.07) is 28.5. The molecule has 9 rings (SSSR count). The summed E-state index contributed by atoms with van der Waals surface area (Å²) in [6.07, 6.45) is 3.48. The van der Waals surface area contributed by atoms with Crippen molar-refractivity contribution in [2.24, 2.45) is 14.1 Å². The number of alkyl carbamates (subject to hydrolysis) is 2. The molecule has 2 aromatic heterocycles. The van der Waals surface area contributed by atoms with E-state index < -0.39 is 24.3 Å². The second-order valence-electron chi connectivity index (χ2n) is 16.0. The van der Waals surface area contributed by atoms with Gasteiger partial charge in [0.05, 0.1) is 48.4 Å². The van der Waals surface area contributed by atoms with Gasteiger partial charge in [-0.25, -0.2) is 19.6 Å². The van der Waals surface area contributed by atoms with Crippen LogP contribution < -0.4 is 10.6 Å². The highest BCUT2D eigenvalue weighted by Gasteiger charge is 2.46. The van der Waals surface area contributed by atoms with Crippen LogP contribution in [0.5, 0.6) is 0 Å². The summed E-state index contributed by atoms with van der Waals surface area (Å²) in [4.78, 5) is 65.9. The maximum absolute atomic E-state index is 14.1. The van der Waals surface area contributed by atoms with Crippen LogP contribution in [0, 0.1) is 0 Å². The minimum absolute atomic E-state index is 0.0781. The van der Waals surface area contributed by atoms with Crippen LogP contribution in [-0.4, -0.2) is 85.8 Å². The normalized spacial score (nSPS) is 20.6. The molecule has 4 amide bonds. The Kier molecular flexibility index (Phi) is 10.2. The molecule has 60 heavy (non-hydrogen) atoms. The number of likely N-dealkylation sites (tertiary alicyclic amines) is 1. The Hall–Kier alpha value is -6.70. The molecule has 14 nitrogen and oxygen atoms in total. The predicted molar refractivity (Wildman–Crippen MR) is 225 cm³/mol. The second kappa shape index (κ2) is 15.8. The van der Waals surface area contributed by atoms with E-state index in [1.807, 2.05) is 54.2 Å². The molecular weight excluding hydrogens is 761 g/mol. The minimum Gasteiger partial charge on any atom is -0.453 e. The van der Waals surface area contributed by atoms with E-state index in [1.165, 1.54) is 14.2 Å². The molecular formula is C46H48N8O6. The van der Waals surface area contributed by atoms with Crippen LogP contribution in [0.15, 0.2) is 91.0 Å². The van der Waals surface area contributed by atoms with Crippen molar-refractivity contribution in [1.82, 2.24) is 39.5 Å². The summed E-state index contributed by atoms with van der Waals surface area (Å²) in [5, 5.41) is 5.46. The molecule has 4 aromatic carbocycles. The Morgan fingerprint density at radius 3 is 1.85 bits per heavy atom. The van der Waals surface area contributed by atoms with E-state index in [-0.39, 0.29) is 29.9 Å². The van der Waals surface area contributed by atoms with Crippen LogP contribution in [0.2, 0.25) is 0 Å². The van der Waals surface area contributed by atoms with Gasteiger partial charge < -0.3 is 39.0 Å². The van der Waals surface area contributed by atoms with Gasteiger partial charge in [-0.05, 0) is 90.6 Å². The number of carbonyl (C=O) groups excluding carboxylic acids is 4. The molecule has 0 aliphatic carbocycles. The molecule has 3 fully saturated rings. The Morgan fingerprint density at radius 1 is 0.683 bits per heavy atom. The second-order valence-corrected chi connectivity index (χ2v) is 16.0. The highest BCUT2D eigenvalue weighted by atomic mass is 16.5. The number of nitrogens with one attached hydrogen (secondary N) is 2. The quantitative estimate of drug-likeness (QED) is 0.165. The maximum Gasteiger partial charge on any atom is 0.407 e. The number of piperidine rings is 1. The lowest BCUT2D eigenvalue weighted by atomic mass is 9.98. The number of carbonyl (C=O) groups is 4. The molecule has 0 radical (unpaired) electrons. The van der Waals surface area contributed by atoms with Gasteiger partial charge in [0.15, 0.2) is 0 Å². The number of hydrogen-bond acceptors (Lipinski definition) is 8. The van der Waals surface area contributed by atoms with Gasteiger partial charge in [-0.2, -0.15) is 0 Å². The molecule has 14 heteroatoms. The molecule has 3 saturated heterocycles. The maximum atomic E-state index is 14.1. The lowest BCUT2D eigenvalue weighted by Gasteiger charge is -2.37. The molecule has 0 spiro atoms. The number of rotatable bonds is 8. The van der Waals surface area contributed by atoms with Gasteiger partial charge in [0.1, 0.15) is 23.7 Å². The number of hydrogen-bond donors (Lipinski definition) is 2. The molecule has 6 aromatic rings. The van der Waals surface area contributed by atoms with Crippen LogP contribution in [-0.2, 0) is 33.2 Å². The van der Waals surface area contributed by atoms with Crippen molar-refractivity contribution < 1.29 is 28.7 Å². The number of nitrogens with zero attached hydrogens (tertiary/aromatic N) is 6. The third-order valence-electron chi connectivity index (χ3n) is 12.7. The third kappa shape index (κ3) is 6.89.